The quantitative estimate of drug-likeness (QED) is 0.279. The van der Waals surface area contributed by atoms with Crippen molar-refractivity contribution in [2.75, 3.05) is 6.54 Å². The van der Waals surface area contributed by atoms with Crippen molar-refractivity contribution in [2.24, 2.45) is 0 Å². The zero-order chi connectivity index (χ0) is 22.3. The maximum absolute atomic E-state index is 13.4. The van der Waals surface area contributed by atoms with Crippen LogP contribution in [0.1, 0.15) is 47.2 Å². The van der Waals surface area contributed by atoms with E-state index >= 15 is 0 Å². The van der Waals surface area contributed by atoms with Gasteiger partial charge in [0.25, 0.3) is 5.91 Å². The molecular weight excluding hydrogens is 400 g/mol. The normalized spacial score (nSPS) is 11.0. The van der Waals surface area contributed by atoms with Crippen LogP contribution in [0.15, 0.2) is 72.8 Å². The predicted octanol–water partition coefficient (Wildman–Crippen LogP) is 5.35. The average Bonchev–Trinajstić information content (AvgIpc) is 2.80. The van der Waals surface area contributed by atoms with Crippen molar-refractivity contribution in [3.63, 3.8) is 0 Å². The van der Waals surface area contributed by atoms with Gasteiger partial charge in [0, 0.05) is 23.7 Å². The number of para-hydroxylation sites is 1. The molecule has 0 aliphatic rings. The minimum atomic E-state index is -0.783. The fourth-order valence-electron chi connectivity index (χ4n) is 4.08. The van der Waals surface area contributed by atoms with Crippen LogP contribution < -0.4 is 5.32 Å². The summed E-state index contributed by atoms with van der Waals surface area (Å²) in [5.74, 6) is -0.901. The van der Waals surface area contributed by atoms with Crippen LogP contribution in [-0.4, -0.2) is 28.5 Å². The number of carbonyl (C=O) groups excluding carboxylic acids is 1. The van der Waals surface area contributed by atoms with Crippen molar-refractivity contribution < 1.29 is 14.7 Å². The number of nitrogens with one attached hydrogen (secondary N) is 1. The van der Waals surface area contributed by atoms with Crippen LogP contribution in [0, 0.1) is 0 Å². The molecule has 0 atom stereocenters. The number of rotatable bonds is 9. The molecule has 2 N–H and O–H groups in total. The van der Waals surface area contributed by atoms with E-state index in [-0.39, 0.29) is 12.3 Å². The smallest absolute Gasteiger partial charge is 0.303 e. The van der Waals surface area contributed by atoms with Gasteiger partial charge in [0.15, 0.2) is 0 Å². The van der Waals surface area contributed by atoms with Crippen molar-refractivity contribution in [1.29, 1.82) is 0 Å². The van der Waals surface area contributed by atoms with Gasteiger partial charge >= 0.3 is 5.97 Å². The second-order valence-electron chi connectivity index (χ2n) is 7.94. The number of fused-ring (bicyclic) bond motifs is 2. The first-order chi connectivity index (χ1) is 15.6. The molecule has 0 saturated heterocycles. The maximum Gasteiger partial charge on any atom is 0.303 e. The van der Waals surface area contributed by atoms with Crippen LogP contribution >= 0.6 is 0 Å². The van der Waals surface area contributed by atoms with Crippen LogP contribution in [0.2, 0.25) is 0 Å². The number of unbranched alkanes of at least 4 members (excludes halogenated alkanes) is 2. The van der Waals surface area contributed by atoms with E-state index in [0.717, 1.165) is 40.2 Å². The third-order valence-corrected chi connectivity index (χ3v) is 5.61. The molecule has 0 radical (unpaired) electrons. The molecule has 1 aromatic heterocycles. The molecule has 0 spiro atoms. The number of benzene rings is 3. The maximum atomic E-state index is 13.4. The Hall–Kier alpha value is -3.73. The topological polar surface area (TPSA) is 79.3 Å². The first kappa shape index (κ1) is 21.5. The molecule has 162 valence electrons. The van der Waals surface area contributed by atoms with E-state index in [2.05, 4.69) is 23.5 Å². The molecule has 0 unspecified atom stereocenters. The molecule has 0 aliphatic heterocycles. The van der Waals surface area contributed by atoms with Crippen LogP contribution in [0.25, 0.3) is 21.8 Å². The Morgan fingerprint density at radius 3 is 2.38 bits per heavy atom. The SMILES string of the molecule is O=C(O)CCCCCNC(=O)c1c2ccccc2nc2cccc(Cc3ccccc3)c12. The van der Waals surface area contributed by atoms with Gasteiger partial charge in [-0.25, -0.2) is 4.98 Å². The zero-order valence-electron chi connectivity index (χ0n) is 17.9. The van der Waals surface area contributed by atoms with E-state index in [1.807, 2.05) is 54.6 Å². The summed E-state index contributed by atoms with van der Waals surface area (Å²) in [6.45, 7) is 0.511. The first-order valence-corrected chi connectivity index (χ1v) is 11.0. The van der Waals surface area contributed by atoms with Crippen molar-refractivity contribution in [3.05, 3.63) is 89.5 Å². The number of aromatic nitrogens is 1. The summed E-state index contributed by atoms with van der Waals surface area (Å²) >= 11 is 0. The highest BCUT2D eigenvalue weighted by molar-refractivity contribution is 6.17. The van der Waals surface area contributed by atoms with Crippen LogP contribution in [-0.2, 0) is 11.2 Å². The van der Waals surface area contributed by atoms with E-state index in [9.17, 15) is 9.59 Å². The number of hydrogen-bond acceptors (Lipinski definition) is 3. The van der Waals surface area contributed by atoms with E-state index in [1.54, 1.807) is 0 Å². The molecule has 0 bridgehead atoms. The fraction of sp³-hybridized carbons (Fsp3) is 0.222. The second-order valence-corrected chi connectivity index (χ2v) is 7.94. The van der Waals surface area contributed by atoms with Crippen molar-refractivity contribution in [3.8, 4) is 0 Å². The fourth-order valence-corrected chi connectivity index (χ4v) is 4.08. The van der Waals surface area contributed by atoms with Crippen LogP contribution in [0.3, 0.4) is 0 Å². The lowest BCUT2D eigenvalue weighted by Crippen LogP contribution is -2.25. The highest BCUT2D eigenvalue weighted by atomic mass is 16.4. The van der Waals surface area contributed by atoms with Gasteiger partial charge in [-0.2, -0.15) is 0 Å². The molecule has 0 fully saturated rings. The number of amides is 1. The molecule has 5 nitrogen and oxygen atoms in total. The molecule has 4 aromatic rings. The minimum absolute atomic E-state index is 0.118. The van der Waals surface area contributed by atoms with E-state index in [4.69, 9.17) is 10.1 Å². The molecule has 32 heavy (non-hydrogen) atoms. The first-order valence-electron chi connectivity index (χ1n) is 11.0. The third-order valence-electron chi connectivity index (χ3n) is 5.61. The van der Waals surface area contributed by atoms with Gasteiger partial charge in [-0.1, -0.05) is 67.1 Å². The lowest BCUT2D eigenvalue weighted by atomic mass is 9.94. The summed E-state index contributed by atoms with van der Waals surface area (Å²) < 4.78 is 0. The molecule has 1 amide bonds. The predicted molar refractivity (Wildman–Crippen MR) is 127 cm³/mol. The summed E-state index contributed by atoms with van der Waals surface area (Å²) in [7, 11) is 0. The Bertz CT molecular complexity index is 1250. The molecule has 4 rings (SSSR count). The Balaban J connectivity index is 1.68. The van der Waals surface area contributed by atoms with Crippen LogP contribution in [0.5, 0.6) is 0 Å². The van der Waals surface area contributed by atoms with Gasteiger partial charge in [0.05, 0.1) is 16.6 Å². The number of aliphatic carboxylic acids is 1. The Morgan fingerprint density at radius 1 is 0.812 bits per heavy atom. The monoisotopic (exact) mass is 426 g/mol. The summed E-state index contributed by atoms with van der Waals surface area (Å²) in [6.07, 6.45) is 3.01. The molecule has 1 heterocycles. The number of carboxylic acid groups (broad SMARTS) is 1. The van der Waals surface area contributed by atoms with Crippen molar-refractivity contribution in [2.45, 2.75) is 32.1 Å². The van der Waals surface area contributed by atoms with Gasteiger partial charge < -0.3 is 10.4 Å². The highest BCUT2D eigenvalue weighted by Gasteiger charge is 2.18. The van der Waals surface area contributed by atoms with Crippen LogP contribution in [0.4, 0.5) is 0 Å². The summed E-state index contributed by atoms with van der Waals surface area (Å²) in [6, 6.07) is 24.0. The van der Waals surface area contributed by atoms with Gasteiger partial charge in [0.1, 0.15) is 0 Å². The lowest BCUT2D eigenvalue weighted by Gasteiger charge is -2.15. The van der Waals surface area contributed by atoms with Gasteiger partial charge in [-0.3, -0.25) is 9.59 Å². The van der Waals surface area contributed by atoms with Gasteiger partial charge in [0.2, 0.25) is 0 Å². The third kappa shape index (κ3) is 4.94. The highest BCUT2D eigenvalue weighted by Crippen LogP contribution is 2.30. The second kappa shape index (κ2) is 10.1. The summed E-state index contributed by atoms with van der Waals surface area (Å²) in [5.41, 5.74) is 4.51. The number of hydrogen-bond donors (Lipinski definition) is 2. The molecule has 3 aromatic carbocycles. The van der Waals surface area contributed by atoms with Gasteiger partial charge in [-0.05, 0) is 42.5 Å². The Kier molecular flexibility index (Phi) is 6.75. The number of carbonyl (C=O) groups is 2. The largest absolute Gasteiger partial charge is 0.481 e. The summed E-state index contributed by atoms with van der Waals surface area (Å²) in [5, 5.41) is 13.5. The molecule has 5 heteroatoms. The Labute approximate surface area is 187 Å². The minimum Gasteiger partial charge on any atom is -0.481 e. The molecule has 0 aliphatic carbocycles. The van der Waals surface area contributed by atoms with Gasteiger partial charge in [-0.15, -0.1) is 0 Å². The van der Waals surface area contributed by atoms with E-state index in [0.29, 0.717) is 24.9 Å². The molecular formula is C27H26N2O3. The van der Waals surface area contributed by atoms with Crippen molar-refractivity contribution >= 4 is 33.7 Å². The molecule has 0 saturated carbocycles. The summed E-state index contributed by atoms with van der Waals surface area (Å²) in [4.78, 5) is 28.9. The number of pyridine rings is 1. The number of nitrogens with zero attached hydrogens (tertiary/aromatic N) is 1. The average molecular weight is 427 g/mol. The van der Waals surface area contributed by atoms with E-state index in [1.165, 1.54) is 5.56 Å². The van der Waals surface area contributed by atoms with Crippen molar-refractivity contribution in [1.82, 2.24) is 10.3 Å². The Morgan fingerprint density at radius 2 is 1.56 bits per heavy atom. The zero-order valence-corrected chi connectivity index (χ0v) is 17.9. The number of carboxylic acids is 1. The lowest BCUT2D eigenvalue weighted by molar-refractivity contribution is -0.137. The van der Waals surface area contributed by atoms with E-state index < -0.39 is 5.97 Å². The standard InChI is InChI=1S/C27H26N2O3/c30-24(31)16-5-2-8-17-28-27(32)26-21-13-6-7-14-22(21)29-23-15-9-12-20(25(23)26)18-19-10-3-1-4-11-19/h1,3-4,6-7,9-15H,2,5,8,16-18H2,(H,28,32)(H,30,31).